The lowest BCUT2D eigenvalue weighted by Gasteiger charge is -2.26. The molecular weight excluding hydrogens is 506 g/mol. The minimum absolute atomic E-state index is 0.0241. The van der Waals surface area contributed by atoms with Crippen LogP contribution in [0.25, 0.3) is 22.0 Å². The molecule has 0 atom stereocenters. The summed E-state index contributed by atoms with van der Waals surface area (Å²) in [5.74, 6) is -16.6. The summed E-state index contributed by atoms with van der Waals surface area (Å²) in [6.45, 7) is 2.24. The Hall–Kier alpha value is -3.52. The van der Waals surface area contributed by atoms with Gasteiger partial charge in [-0.1, -0.05) is 24.3 Å². The van der Waals surface area contributed by atoms with Gasteiger partial charge in [-0.3, -0.25) is 0 Å². The lowest BCUT2D eigenvalue weighted by atomic mass is 9.89. The molecular formula is C25H16F6N2O2S. The van der Waals surface area contributed by atoms with Crippen LogP contribution < -0.4 is 0 Å². The summed E-state index contributed by atoms with van der Waals surface area (Å²) in [5, 5.41) is 9.18. The molecule has 186 valence electrons. The number of fused-ring (bicyclic) bond motifs is 2. The lowest BCUT2D eigenvalue weighted by molar-refractivity contribution is -0.258. The van der Waals surface area contributed by atoms with Gasteiger partial charge in [-0.2, -0.15) is 31.6 Å². The van der Waals surface area contributed by atoms with E-state index in [4.69, 9.17) is 5.26 Å². The van der Waals surface area contributed by atoms with Crippen LogP contribution in [-0.2, 0) is 16.9 Å². The van der Waals surface area contributed by atoms with Gasteiger partial charge in [-0.25, -0.2) is 8.42 Å². The van der Waals surface area contributed by atoms with E-state index in [0.29, 0.717) is 5.52 Å². The van der Waals surface area contributed by atoms with Crippen molar-refractivity contribution in [2.75, 3.05) is 0 Å². The normalized spacial score (nSPS) is 21.2. The maximum absolute atomic E-state index is 15.5. The van der Waals surface area contributed by atoms with Crippen molar-refractivity contribution >= 4 is 31.9 Å². The second-order valence-corrected chi connectivity index (χ2v) is 10.8. The molecule has 3 aromatic rings. The summed E-state index contributed by atoms with van der Waals surface area (Å²) in [6.07, 6.45) is 0. The van der Waals surface area contributed by atoms with E-state index in [1.165, 1.54) is 36.7 Å². The van der Waals surface area contributed by atoms with Crippen LogP contribution in [0.2, 0.25) is 0 Å². The van der Waals surface area contributed by atoms with Crippen LogP contribution in [0.5, 0.6) is 0 Å². The largest absolute Gasteiger partial charge is 0.380 e. The first-order valence-corrected chi connectivity index (χ1v) is 12.0. The zero-order chi connectivity index (χ0) is 26.6. The van der Waals surface area contributed by atoms with Gasteiger partial charge in [0.25, 0.3) is 0 Å². The number of hydrogen-bond donors (Lipinski definition) is 0. The number of sulfone groups is 1. The van der Waals surface area contributed by atoms with Crippen LogP contribution in [0.15, 0.2) is 57.8 Å². The number of aromatic nitrogens is 1. The topological polar surface area (TPSA) is 62.9 Å². The molecule has 2 aliphatic rings. The van der Waals surface area contributed by atoms with Crippen molar-refractivity contribution in [3.8, 4) is 6.07 Å². The predicted molar refractivity (Wildman–Crippen MR) is 120 cm³/mol. The molecule has 2 heterocycles. The number of aryl methyl sites for hydroxylation is 1. The van der Waals surface area contributed by atoms with Crippen LogP contribution in [0, 0.1) is 18.3 Å². The molecule has 0 N–H and O–H groups in total. The number of alkyl halides is 6. The van der Waals surface area contributed by atoms with Crippen molar-refractivity contribution in [2.24, 2.45) is 7.05 Å². The molecule has 0 unspecified atom stereocenters. The second kappa shape index (κ2) is 7.03. The van der Waals surface area contributed by atoms with Crippen molar-refractivity contribution in [1.82, 2.24) is 4.57 Å². The molecule has 36 heavy (non-hydrogen) atoms. The minimum Gasteiger partial charge on any atom is -0.347 e. The zero-order valence-corrected chi connectivity index (χ0v) is 19.7. The number of hydrogen-bond acceptors (Lipinski definition) is 3. The second-order valence-electron chi connectivity index (χ2n) is 8.77. The van der Waals surface area contributed by atoms with Gasteiger partial charge in [0.15, 0.2) is 0 Å². The zero-order valence-electron chi connectivity index (χ0n) is 18.9. The molecule has 0 bridgehead atoms. The number of nitrogens with zero attached hydrogens (tertiary/aromatic N) is 2. The molecule has 0 saturated heterocycles. The Kier molecular flexibility index (Phi) is 4.73. The third-order valence-electron chi connectivity index (χ3n) is 6.99. The molecule has 0 saturated carbocycles. The molecule has 1 aliphatic carbocycles. The molecule has 11 heteroatoms. The summed E-state index contributed by atoms with van der Waals surface area (Å²) >= 11 is 0. The lowest BCUT2D eigenvalue weighted by Crippen LogP contribution is -2.49. The number of allylic oxidation sites excluding steroid dienone is 4. The number of halogens is 6. The SMILES string of the molecule is CC1=C(C2=C(c3c(C)n(C)c4ccccc34)C(F)(F)C(F)(F)C2(F)F)c2ccc(C#N)cc2S1(=O)=O. The molecule has 0 amide bonds. The van der Waals surface area contributed by atoms with Crippen molar-refractivity contribution < 1.29 is 34.8 Å². The molecule has 0 fully saturated rings. The first-order chi connectivity index (χ1) is 16.6. The first kappa shape index (κ1) is 24.2. The van der Waals surface area contributed by atoms with E-state index >= 15 is 17.6 Å². The van der Waals surface area contributed by atoms with Crippen LogP contribution in [-0.4, -0.2) is 30.8 Å². The summed E-state index contributed by atoms with van der Waals surface area (Å²) < 4.78 is 119. The fourth-order valence-electron chi connectivity index (χ4n) is 5.05. The van der Waals surface area contributed by atoms with E-state index < -0.39 is 65.3 Å². The van der Waals surface area contributed by atoms with Gasteiger partial charge in [0.1, 0.15) is 0 Å². The first-order valence-electron chi connectivity index (χ1n) is 10.6. The quantitative estimate of drug-likeness (QED) is 0.374. The molecule has 5 rings (SSSR count). The van der Waals surface area contributed by atoms with Gasteiger partial charge in [0.05, 0.1) is 21.4 Å². The number of nitriles is 1. The summed E-state index contributed by atoms with van der Waals surface area (Å²) in [5.41, 5.74) is -4.96. The van der Waals surface area contributed by atoms with Crippen LogP contribution >= 0.6 is 0 Å². The van der Waals surface area contributed by atoms with Crippen molar-refractivity contribution in [1.29, 1.82) is 5.26 Å². The number of rotatable bonds is 2. The van der Waals surface area contributed by atoms with Gasteiger partial charge in [-0.05, 0) is 32.0 Å². The minimum atomic E-state index is -5.85. The van der Waals surface area contributed by atoms with Crippen LogP contribution in [0.4, 0.5) is 26.3 Å². The Labute approximate surface area is 201 Å². The van der Waals surface area contributed by atoms with Gasteiger partial charge >= 0.3 is 17.8 Å². The maximum Gasteiger partial charge on any atom is 0.380 e. The third-order valence-corrected chi connectivity index (χ3v) is 8.92. The molecule has 2 aromatic carbocycles. The Morgan fingerprint density at radius 1 is 0.917 bits per heavy atom. The van der Waals surface area contributed by atoms with E-state index in [-0.39, 0.29) is 16.6 Å². The third kappa shape index (κ3) is 2.62. The highest BCUT2D eigenvalue weighted by Crippen LogP contribution is 2.66. The molecule has 1 aromatic heterocycles. The molecule has 1 aliphatic heterocycles. The summed E-state index contributed by atoms with van der Waals surface area (Å²) in [7, 11) is -3.04. The Bertz CT molecular complexity index is 1720. The maximum atomic E-state index is 15.5. The number of para-hydroxylation sites is 1. The van der Waals surface area contributed by atoms with Gasteiger partial charge in [0.2, 0.25) is 9.84 Å². The highest BCUT2D eigenvalue weighted by molar-refractivity contribution is 7.95. The Balaban J connectivity index is 2.01. The predicted octanol–water partition coefficient (Wildman–Crippen LogP) is 6.25. The van der Waals surface area contributed by atoms with E-state index in [1.54, 1.807) is 12.1 Å². The highest BCUT2D eigenvalue weighted by atomic mass is 32.2. The fraction of sp³-hybridized carbons (Fsp3) is 0.240. The molecule has 0 spiro atoms. The fourth-order valence-corrected chi connectivity index (χ4v) is 6.60. The summed E-state index contributed by atoms with van der Waals surface area (Å²) in [4.78, 5) is -1.35. The van der Waals surface area contributed by atoms with Crippen molar-refractivity contribution in [3.63, 3.8) is 0 Å². The Morgan fingerprint density at radius 2 is 1.53 bits per heavy atom. The monoisotopic (exact) mass is 522 g/mol. The molecule has 0 radical (unpaired) electrons. The van der Waals surface area contributed by atoms with Gasteiger partial charge < -0.3 is 4.57 Å². The van der Waals surface area contributed by atoms with Crippen LogP contribution in [0.3, 0.4) is 0 Å². The number of benzene rings is 2. The van der Waals surface area contributed by atoms with Crippen LogP contribution in [0.1, 0.15) is 29.3 Å². The summed E-state index contributed by atoms with van der Waals surface area (Å²) in [6, 6.07) is 10.7. The van der Waals surface area contributed by atoms with Gasteiger partial charge in [0, 0.05) is 51.5 Å². The smallest absolute Gasteiger partial charge is 0.347 e. The molecule has 4 nitrogen and oxygen atoms in total. The average molecular weight is 522 g/mol. The Morgan fingerprint density at radius 3 is 2.17 bits per heavy atom. The van der Waals surface area contributed by atoms with Gasteiger partial charge in [-0.15, -0.1) is 0 Å². The highest BCUT2D eigenvalue weighted by Gasteiger charge is 2.81. The van der Waals surface area contributed by atoms with E-state index in [1.807, 2.05) is 0 Å². The van der Waals surface area contributed by atoms with E-state index in [9.17, 15) is 17.2 Å². The average Bonchev–Trinajstić information content (AvgIpc) is 3.22. The standard InChI is InChI=1S/C25H16F6N2O2S/c1-12-19(15-6-4-5-7-17(15)33(12)3)21-22(24(28,29)25(30,31)23(21,26)27)20-13(2)36(34,35)18-10-14(11-32)8-9-16(18)20/h4-10H,1-3H3. The van der Waals surface area contributed by atoms with Crippen molar-refractivity contribution in [3.05, 3.63) is 75.3 Å². The van der Waals surface area contributed by atoms with E-state index in [0.717, 1.165) is 25.1 Å². The van der Waals surface area contributed by atoms with E-state index in [2.05, 4.69) is 0 Å². The van der Waals surface area contributed by atoms with Crippen molar-refractivity contribution in [2.45, 2.75) is 36.5 Å².